The molecule has 3 heteroatoms. The summed E-state index contributed by atoms with van der Waals surface area (Å²) in [6.45, 7) is 4.20. The first-order valence-electron chi connectivity index (χ1n) is 8.22. The van der Waals surface area contributed by atoms with E-state index in [1.54, 1.807) is 0 Å². The topological polar surface area (TPSA) is 43.1 Å². The molecular formula is C20H19NO2. The van der Waals surface area contributed by atoms with Gasteiger partial charge in [-0.1, -0.05) is 6.92 Å². The van der Waals surface area contributed by atoms with Gasteiger partial charge in [0.1, 0.15) is 11.5 Å². The van der Waals surface area contributed by atoms with Crippen LogP contribution in [0.5, 0.6) is 0 Å². The van der Waals surface area contributed by atoms with Crippen LogP contribution >= 0.6 is 0 Å². The quantitative estimate of drug-likeness (QED) is 0.677. The number of nitrogens with zero attached hydrogens (tertiary/aromatic N) is 1. The fourth-order valence-electron chi connectivity index (χ4n) is 3.36. The number of furan rings is 1. The number of ketones is 1. The fraction of sp³-hybridized carbons (Fsp3) is 0.300. The molecule has 0 saturated carbocycles. The highest BCUT2D eigenvalue weighted by atomic mass is 16.3. The van der Waals surface area contributed by atoms with Gasteiger partial charge in [-0.15, -0.1) is 0 Å². The lowest BCUT2D eigenvalue weighted by molar-refractivity contribution is 0.0969. The molecule has 0 atom stereocenters. The zero-order chi connectivity index (χ0) is 16.0. The standard InChI is InChI=1S/C20H19NO2/c1-3-13-9-15-10-14(7-8-17(15)21-12(13)2)20-11-16-18(22)5-4-6-19(16)23-20/h7-11H,3-6H2,1-2H3. The van der Waals surface area contributed by atoms with Gasteiger partial charge in [0.05, 0.1) is 11.1 Å². The van der Waals surface area contributed by atoms with Crippen molar-refractivity contribution >= 4 is 16.7 Å². The Bertz CT molecular complexity index is 921. The third-order valence-corrected chi connectivity index (χ3v) is 4.69. The number of fused-ring (bicyclic) bond motifs is 2. The second-order valence-corrected chi connectivity index (χ2v) is 6.22. The Morgan fingerprint density at radius 2 is 2.04 bits per heavy atom. The summed E-state index contributed by atoms with van der Waals surface area (Å²) in [5, 5.41) is 1.12. The Balaban J connectivity index is 1.83. The van der Waals surface area contributed by atoms with E-state index in [-0.39, 0.29) is 5.78 Å². The number of rotatable bonds is 2. The van der Waals surface area contributed by atoms with Crippen LogP contribution in [-0.2, 0) is 12.8 Å². The Hall–Kier alpha value is -2.42. The number of aromatic nitrogens is 1. The van der Waals surface area contributed by atoms with E-state index in [0.29, 0.717) is 6.42 Å². The van der Waals surface area contributed by atoms with Crippen LogP contribution in [-0.4, -0.2) is 10.8 Å². The molecule has 116 valence electrons. The van der Waals surface area contributed by atoms with E-state index in [2.05, 4.69) is 31.0 Å². The summed E-state index contributed by atoms with van der Waals surface area (Å²) in [6, 6.07) is 10.3. The average Bonchev–Trinajstić information content (AvgIpc) is 2.99. The van der Waals surface area contributed by atoms with Crippen LogP contribution in [0.2, 0.25) is 0 Å². The molecule has 4 rings (SSSR count). The Labute approximate surface area is 135 Å². The lowest BCUT2D eigenvalue weighted by atomic mass is 9.97. The number of benzene rings is 1. The molecule has 0 fully saturated rings. The predicted octanol–water partition coefficient (Wildman–Crippen LogP) is 4.88. The first kappa shape index (κ1) is 14.2. The number of aryl methyl sites for hydroxylation is 3. The molecule has 0 N–H and O–H groups in total. The summed E-state index contributed by atoms with van der Waals surface area (Å²) in [6.07, 6.45) is 3.35. The molecule has 1 aromatic carbocycles. The van der Waals surface area contributed by atoms with E-state index >= 15 is 0 Å². The van der Waals surface area contributed by atoms with Crippen molar-refractivity contribution in [1.29, 1.82) is 0 Å². The van der Waals surface area contributed by atoms with Crippen molar-refractivity contribution in [2.75, 3.05) is 0 Å². The number of hydrogen-bond donors (Lipinski definition) is 0. The zero-order valence-electron chi connectivity index (χ0n) is 13.5. The summed E-state index contributed by atoms with van der Waals surface area (Å²) < 4.78 is 5.95. The largest absolute Gasteiger partial charge is 0.460 e. The molecule has 23 heavy (non-hydrogen) atoms. The van der Waals surface area contributed by atoms with Gasteiger partial charge >= 0.3 is 0 Å². The zero-order valence-corrected chi connectivity index (χ0v) is 13.5. The van der Waals surface area contributed by atoms with E-state index < -0.39 is 0 Å². The molecule has 3 aromatic rings. The first-order valence-corrected chi connectivity index (χ1v) is 8.22. The second kappa shape index (κ2) is 5.34. The van der Waals surface area contributed by atoms with E-state index in [0.717, 1.165) is 58.5 Å². The van der Waals surface area contributed by atoms with Crippen LogP contribution < -0.4 is 0 Å². The minimum Gasteiger partial charge on any atom is -0.460 e. The van der Waals surface area contributed by atoms with E-state index in [9.17, 15) is 4.79 Å². The average molecular weight is 305 g/mol. The third kappa shape index (κ3) is 2.37. The van der Waals surface area contributed by atoms with Gasteiger partial charge in [0, 0.05) is 29.5 Å². The highest BCUT2D eigenvalue weighted by Crippen LogP contribution is 2.32. The highest BCUT2D eigenvalue weighted by Gasteiger charge is 2.22. The van der Waals surface area contributed by atoms with Crippen molar-refractivity contribution in [3.05, 3.63) is 52.9 Å². The van der Waals surface area contributed by atoms with Crippen LogP contribution in [0, 0.1) is 6.92 Å². The van der Waals surface area contributed by atoms with Crippen LogP contribution in [0.15, 0.2) is 34.7 Å². The summed E-state index contributed by atoms with van der Waals surface area (Å²) >= 11 is 0. The molecular weight excluding hydrogens is 286 g/mol. The fourth-order valence-corrected chi connectivity index (χ4v) is 3.36. The number of carbonyl (C=O) groups excluding carboxylic acids is 1. The number of pyridine rings is 1. The van der Waals surface area contributed by atoms with Crippen molar-refractivity contribution < 1.29 is 9.21 Å². The second-order valence-electron chi connectivity index (χ2n) is 6.22. The summed E-state index contributed by atoms with van der Waals surface area (Å²) in [7, 11) is 0. The van der Waals surface area contributed by atoms with Crippen LogP contribution in [0.4, 0.5) is 0 Å². The van der Waals surface area contributed by atoms with Crippen molar-refractivity contribution in [2.24, 2.45) is 0 Å². The van der Waals surface area contributed by atoms with Crippen molar-refractivity contribution in [3.63, 3.8) is 0 Å². The summed E-state index contributed by atoms with van der Waals surface area (Å²) in [5.41, 5.74) is 5.13. The minimum atomic E-state index is 0.201. The normalized spacial score (nSPS) is 14.3. The first-order chi connectivity index (χ1) is 11.2. The lowest BCUT2D eigenvalue weighted by Gasteiger charge is -2.07. The molecule has 0 aliphatic heterocycles. The molecule has 0 saturated heterocycles. The van der Waals surface area contributed by atoms with Crippen LogP contribution in [0.25, 0.3) is 22.2 Å². The molecule has 0 amide bonds. The van der Waals surface area contributed by atoms with Crippen LogP contribution in [0.1, 0.15) is 47.1 Å². The Morgan fingerprint density at radius 3 is 2.83 bits per heavy atom. The molecule has 0 radical (unpaired) electrons. The molecule has 1 aliphatic rings. The minimum absolute atomic E-state index is 0.201. The van der Waals surface area contributed by atoms with Crippen molar-refractivity contribution in [1.82, 2.24) is 4.98 Å². The van der Waals surface area contributed by atoms with Gasteiger partial charge in [-0.05, 0) is 55.7 Å². The van der Waals surface area contributed by atoms with Crippen molar-refractivity contribution in [3.8, 4) is 11.3 Å². The molecule has 3 nitrogen and oxygen atoms in total. The van der Waals surface area contributed by atoms with Gasteiger partial charge in [0.2, 0.25) is 0 Å². The molecule has 0 bridgehead atoms. The van der Waals surface area contributed by atoms with Gasteiger partial charge in [0.15, 0.2) is 5.78 Å². The van der Waals surface area contributed by atoms with Gasteiger partial charge in [-0.3, -0.25) is 9.78 Å². The highest BCUT2D eigenvalue weighted by molar-refractivity contribution is 5.99. The Morgan fingerprint density at radius 1 is 1.17 bits per heavy atom. The molecule has 1 aliphatic carbocycles. The number of hydrogen-bond acceptors (Lipinski definition) is 3. The van der Waals surface area contributed by atoms with Crippen LogP contribution in [0.3, 0.4) is 0 Å². The third-order valence-electron chi connectivity index (χ3n) is 4.69. The maximum atomic E-state index is 12.0. The lowest BCUT2D eigenvalue weighted by Crippen LogP contribution is -2.07. The van der Waals surface area contributed by atoms with Gasteiger partial charge in [0.25, 0.3) is 0 Å². The number of carbonyl (C=O) groups is 1. The maximum Gasteiger partial charge on any atom is 0.166 e. The number of Topliss-reactive ketones (excluding diaryl/α,β-unsaturated/α-hetero) is 1. The van der Waals surface area contributed by atoms with Crippen molar-refractivity contribution in [2.45, 2.75) is 39.5 Å². The summed E-state index contributed by atoms with van der Waals surface area (Å²) in [4.78, 5) is 16.7. The molecule has 0 spiro atoms. The SMILES string of the molecule is CCc1cc2cc(-c3cc4c(o3)CCCC4=O)ccc2nc1C. The van der Waals surface area contributed by atoms with E-state index in [4.69, 9.17) is 4.42 Å². The summed E-state index contributed by atoms with van der Waals surface area (Å²) in [5.74, 6) is 1.82. The van der Waals surface area contributed by atoms with E-state index in [1.807, 2.05) is 18.2 Å². The maximum absolute atomic E-state index is 12.0. The predicted molar refractivity (Wildman–Crippen MR) is 90.8 cm³/mol. The molecule has 2 aromatic heterocycles. The monoisotopic (exact) mass is 305 g/mol. The van der Waals surface area contributed by atoms with Gasteiger partial charge in [-0.25, -0.2) is 0 Å². The Kier molecular flexibility index (Phi) is 3.29. The van der Waals surface area contributed by atoms with Gasteiger partial charge < -0.3 is 4.42 Å². The van der Waals surface area contributed by atoms with E-state index in [1.165, 1.54) is 5.56 Å². The smallest absolute Gasteiger partial charge is 0.166 e. The molecule has 0 unspecified atom stereocenters. The van der Waals surface area contributed by atoms with Gasteiger partial charge in [-0.2, -0.15) is 0 Å². The molecule has 2 heterocycles.